The van der Waals surface area contributed by atoms with Crippen molar-refractivity contribution in [2.24, 2.45) is 5.41 Å². The highest BCUT2D eigenvalue weighted by atomic mass is 127. The summed E-state index contributed by atoms with van der Waals surface area (Å²) in [5.41, 5.74) is 0.0309. The molecule has 17 heavy (non-hydrogen) atoms. The van der Waals surface area contributed by atoms with Crippen LogP contribution in [-0.4, -0.2) is 18.1 Å². The Morgan fingerprint density at radius 3 is 2.47 bits per heavy atom. The summed E-state index contributed by atoms with van der Waals surface area (Å²) in [6, 6.07) is 1.51. The molecule has 1 aliphatic heterocycles. The first kappa shape index (κ1) is 13.3. The molecule has 1 fully saturated rings. The molecule has 0 radical (unpaired) electrons. The molecule has 1 aromatic heterocycles. The molecule has 0 aliphatic carbocycles. The van der Waals surface area contributed by atoms with E-state index in [4.69, 9.17) is 11.6 Å². The van der Waals surface area contributed by atoms with Crippen molar-refractivity contribution < 1.29 is 8.78 Å². The monoisotopic (exact) mass is 372 g/mol. The van der Waals surface area contributed by atoms with Gasteiger partial charge in [0, 0.05) is 41.9 Å². The predicted octanol–water partition coefficient (Wildman–Crippen LogP) is 4.07. The van der Waals surface area contributed by atoms with E-state index in [0.717, 1.165) is 41.9 Å². The van der Waals surface area contributed by atoms with Gasteiger partial charge >= 0.3 is 3.93 Å². The summed E-state index contributed by atoms with van der Waals surface area (Å²) >= 11 is 6.91. The molecule has 1 aromatic rings. The second-order valence-electron chi connectivity index (χ2n) is 5.04. The summed E-state index contributed by atoms with van der Waals surface area (Å²) in [7, 11) is 0. The number of alkyl halides is 3. The Morgan fingerprint density at radius 1 is 1.47 bits per heavy atom. The topological polar surface area (TPSA) is 16.1 Å². The number of anilines is 1. The van der Waals surface area contributed by atoms with Crippen molar-refractivity contribution in [2.45, 2.75) is 17.8 Å². The minimum absolute atomic E-state index is 0.0686. The molecule has 0 aromatic carbocycles. The van der Waals surface area contributed by atoms with E-state index in [2.05, 4.69) is 18.8 Å². The van der Waals surface area contributed by atoms with E-state index in [0.29, 0.717) is 5.82 Å². The van der Waals surface area contributed by atoms with Crippen LogP contribution in [0.15, 0.2) is 12.3 Å². The highest BCUT2D eigenvalue weighted by molar-refractivity contribution is 14.1. The molecular weight excluding hydrogens is 360 g/mol. The van der Waals surface area contributed by atoms with E-state index in [9.17, 15) is 8.78 Å². The number of pyridine rings is 1. The van der Waals surface area contributed by atoms with Crippen LogP contribution in [0.25, 0.3) is 0 Å². The molecule has 0 bridgehead atoms. The molecule has 1 aliphatic rings. The van der Waals surface area contributed by atoms with Gasteiger partial charge in [0.05, 0.1) is 10.6 Å². The van der Waals surface area contributed by atoms with Gasteiger partial charge in [-0.3, -0.25) is 0 Å². The molecule has 2 rings (SSSR count). The minimum Gasteiger partial charge on any atom is -0.355 e. The van der Waals surface area contributed by atoms with Crippen LogP contribution in [0.3, 0.4) is 0 Å². The van der Waals surface area contributed by atoms with Gasteiger partial charge < -0.3 is 4.90 Å². The first-order valence-corrected chi connectivity index (χ1v) is 6.62. The molecule has 0 unspecified atom stereocenters. The third-order valence-corrected chi connectivity index (χ3v) is 3.60. The fraction of sp³-hybridized carbons (Fsp3) is 0.545. The maximum Gasteiger partial charge on any atom is 0.324 e. The van der Waals surface area contributed by atoms with E-state index in [1.54, 1.807) is 0 Å². The van der Waals surface area contributed by atoms with E-state index < -0.39 is 3.93 Å². The third-order valence-electron chi connectivity index (χ3n) is 2.71. The number of rotatable bonds is 2. The number of hydrogen-bond acceptors (Lipinski definition) is 2. The highest BCUT2D eigenvalue weighted by Crippen LogP contribution is 2.41. The van der Waals surface area contributed by atoms with Crippen LogP contribution in [0.4, 0.5) is 14.6 Å². The number of hydrogen-bond donors (Lipinski definition) is 0. The van der Waals surface area contributed by atoms with Crippen LogP contribution in [0.1, 0.15) is 19.4 Å². The van der Waals surface area contributed by atoms with Crippen LogP contribution < -0.4 is 4.90 Å². The molecule has 94 valence electrons. The van der Waals surface area contributed by atoms with Crippen molar-refractivity contribution in [1.82, 2.24) is 4.98 Å². The lowest BCUT2D eigenvalue weighted by atomic mass is 9.84. The van der Waals surface area contributed by atoms with Gasteiger partial charge in [-0.25, -0.2) is 4.98 Å². The van der Waals surface area contributed by atoms with Crippen LogP contribution in [0, 0.1) is 5.41 Å². The molecule has 0 atom stereocenters. The lowest BCUT2D eigenvalue weighted by Gasteiger charge is -2.46. The Bertz CT molecular complexity index is 438. The summed E-state index contributed by atoms with van der Waals surface area (Å²) in [5, 5.41) is 0.0686. The predicted molar refractivity (Wildman–Crippen MR) is 73.2 cm³/mol. The van der Waals surface area contributed by atoms with Gasteiger partial charge in [0.2, 0.25) is 0 Å². The standard InChI is InChI=1S/C11H12ClF2IN2/c1-10(2)5-17(6-10)9-3-8(12)7(4-16-9)11(13,14)15/h3-4H,5-6H2,1-2H3. The second kappa shape index (κ2) is 4.19. The van der Waals surface area contributed by atoms with Gasteiger partial charge in [0.1, 0.15) is 5.82 Å². The smallest absolute Gasteiger partial charge is 0.324 e. The normalized spacial score (nSPS) is 19.1. The maximum atomic E-state index is 13.1. The Hall–Kier alpha value is -0.170. The lowest BCUT2D eigenvalue weighted by molar-refractivity contribution is 0.127. The van der Waals surface area contributed by atoms with Crippen LogP contribution >= 0.6 is 34.2 Å². The van der Waals surface area contributed by atoms with Crippen LogP contribution in [0.5, 0.6) is 0 Å². The minimum atomic E-state index is -2.98. The van der Waals surface area contributed by atoms with Crippen molar-refractivity contribution in [2.75, 3.05) is 18.0 Å². The molecule has 0 N–H and O–H groups in total. The molecule has 0 spiro atoms. The van der Waals surface area contributed by atoms with Crippen LogP contribution in [0.2, 0.25) is 5.02 Å². The highest BCUT2D eigenvalue weighted by Gasteiger charge is 2.36. The second-order valence-corrected chi connectivity index (χ2v) is 6.80. The Balaban J connectivity index is 2.21. The molecular formula is C11H12ClF2IN2. The Morgan fingerprint density at radius 2 is 2.06 bits per heavy atom. The zero-order valence-corrected chi connectivity index (χ0v) is 12.4. The zero-order chi connectivity index (χ0) is 12.8. The number of nitrogens with zero attached hydrogens (tertiary/aromatic N) is 2. The summed E-state index contributed by atoms with van der Waals surface area (Å²) in [5.74, 6) is 0.665. The molecule has 2 heterocycles. The van der Waals surface area contributed by atoms with Crippen molar-refractivity contribution >= 4 is 40.0 Å². The van der Waals surface area contributed by atoms with Gasteiger partial charge in [0.25, 0.3) is 0 Å². The van der Waals surface area contributed by atoms with Crippen LogP contribution in [-0.2, 0) is 3.93 Å². The van der Waals surface area contributed by atoms with E-state index in [-0.39, 0.29) is 16.0 Å². The van der Waals surface area contributed by atoms with Crippen molar-refractivity contribution in [3.63, 3.8) is 0 Å². The summed E-state index contributed by atoms with van der Waals surface area (Å²) in [6.07, 6.45) is 1.16. The first-order chi connectivity index (χ1) is 7.69. The lowest BCUT2D eigenvalue weighted by Crippen LogP contribution is -2.53. The average molecular weight is 373 g/mol. The molecule has 2 nitrogen and oxygen atoms in total. The summed E-state index contributed by atoms with van der Waals surface area (Å²) < 4.78 is 23.3. The van der Waals surface area contributed by atoms with E-state index in [1.165, 1.54) is 6.07 Å². The Kier molecular flexibility index (Phi) is 3.27. The van der Waals surface area contributed by atoms with Crippen molar-refractivity contribution in [3.8, 4) is 0 Å². The molecule has 0 amide bonds. The average Bonchev–Trinajstić information content (AvgIpc) is 2.11. The van der Waals surface area contributed by atoms with E-state index >= 15 is 0 Å². The zero-order valence-electron chi connectivity index (χ0n) is 9.48. The van der Waals surface area contributed by atoms with Gasteiger partial charge in [0.15, 0.2) is 0 Å². The first-order valence-electron chi connectivity index (χ1n) is 5.17. The molecule has 1 saturated heterocycles. The fourth-order valence-electron chi connectivity index (χ4n) is 1.95. The van der Waals surface area contributed by atoms with Gasteiger partial charge in [-0.05, 0) is 11.5 Å². The van der Waals surface area contributed by atoms with Crippen molar-refractivity contribution in [3.05, 3.63) is 22.8 Å². The maximum absolute atomic E-state index is 13.1. The van der Waals surface area contributed by atoms with Gasteiger partial charge in [-0.2, -0.15) is 8.78 Å². The number of halogens is 4. The number of aromatic nitrogens is 1. The van der Waals surface area contributed by atoms with E-state index in [1.807, 2.05) is 4.90 Å². The van der Waals surface area contributed by atoms with Gasteiger partial charge in [-0.15, -0.1) is 0 Å². The fourth-order valence-corrected chi connectivity index (χ4v) is 2.81. The molecule has 0 saturated carbocycles. The van der Waals surface area contributed by atoms with Crippen molar-refractivity contribution in [1.29, 1.82) is 0 Å². The van der Waals surface area contributed by atoms with Gasteiger partial charge in [-0.1, -0.05) is 25.4 Å². The summed E-state index contributed by atoms with van der Waals surface area (Å²) in [6.45, 7) is 6.05. The summed E-state index contributed by atoms with van der Waals surface area (Å²) in [4.78, 5) is 6.08. The Labute approximate surface area is 117 Å². The third kappa shape index (κ3) is 2.81. The quantitative estimate of drug-likeness (QED) is 0.575. The largest absolute Gasteiger partial charge is 0.355 e. The SMILES string of the molecule is CC1(C)CN(c2cc(Cl)c(C(F)(F)I)cn2)C1. The molecule has 6 heteroatoms.